The smallest absolute Gasteiger partial charge is 0.0564 e. The third-order valence-corrected chi connectivity index (χ3v) is 3.31. The third-order valence-electron chi connectivity index (χ3n) is 3.31. The van der Waals surface area contributed by atoms with E-state index in [-0.39, 0.29) is 0 Å². The van der Waals surface area contributed by atoms with Crippen molar-refractivity contribution < 1.29 is 0 Å². The van der Waals surface area contributed by atoms with Gasteiger partial charge in [0, 0.05) is 6.04 Å². The number of hydrogen-bond donors (Lipinski definition) is 1. The lowest BCUT2D eigenvalue weighted by Crippen LogP contribution is -2.43. The Morgan fingerprint density at radius 2 is 1.62 bits per heavy atom. The maximum Gasteiger partial charge on any atom is 0.0564 e. The molecule has 0 saturated heterocycles. The van der Waals surface area contributed by atoms with Crippen LogP contribution in [0.1, 0.15) is 40.5 Å². The summed E-state index contributed by atoms with van der Waals surface area (Å²) in [6.07, 6.45) is 3.01. The SMILES string of the molecule is CCN(CC)CCCC(C)NC(C)N(C)C. The minimum atomic E-state index is 0.462. The molecule has 3 nitrogen and oxygen atoms in total. The highest BCUT2D eigenvalue weighted by Crippen LogP contribution is 2.01. The van der Waals surface area contributed by atoms with Crippen molar-refractivity contribution in [2.45, 2.75) is 52.7 Å². The van der Waals surface area contributed by atoms with Gasteiger partial charge in [-0.2, -0.15) is 0 Å². The van der Waals surface area contributed by atoms with Gasteiger partial charge >= 0.3 is 0 Å². The van der Waals surface area contributed by atoms with Gasteiger partial charge < -0.3 is 4.90 Å². The number of hydrogen-bond acceptors (Lipinski definition) is 3. The van der Waals surface area contributed by atoms with Crippen LogP contribution in [0.3, 0.4) is 0 Å². The van der Waals surface area contributed by atoms with Crippen LogP contribution < -0.4 is 5.32 Å². The van der Waals surface area contributed by atoms with Crippen molar-refractivity contribution in [3.63, 3.8) is 0 Å². The zero-order valence-electron chi connectivity index (χ0n) is 12.1. The molecule has 0 aliphatic rings. The highest BCUT2D eigenvalue weighted by Gasteiger charge is 2.08. The molecular weight excluding hydrogens is 198 g/mol. The van der Waals surface area contributed by atoms with Gasteiger partial charge in [0.15, 0.2) is 0 Å². The van der Waals surface area contributed by atoms with E-state index >= 15 is 0 Å². The molecule has 0 aliphatic heterocycles. The summed E-state index contributed by atoms with van der Waals surface area (Å²) in [5.74, 6) is 0. The summed E-state index contributed by atoms with van der Waals surface area (Å²) in [4.78, 5) is 4.70. The van der Waals surface area contributed by atoms with Gasteiger partial charge in [-0.3, -0.25) is 10.2 Å². The van der Waals surface area contributed by atoms with Crippen molar-refractivity contribution in [3.8, 4) is 0 Å². The maximum absolute atomic E-state index is 3.60. The fourth-order valence-electron chi connectivity index (χ4n) is 1.81. The molecule has 2 atom stereocenters. The first-order valence-corrected chi connectivity index (χ1v) is 6.66. The molecule has 0 radical (unpaired) electrons. The first kappa shape index (κ1) is 15.9. The molecule has 0 aromatic carbocycles. The summed E-state index contributed by atoms with van der Waals surface area (Å²) in [5.41, 5.74) is 0. The van der Waals surface area contributed by atoms with Gasteiger partial charge in [0.05, 0.1) is 6.17 Å². The predicted octanol–water partition coefficient (Wildman–Crippen LogP) is 1.99. The molecule has 3 heteroatoms. The van der Waals surface area contributed by atoms with Crippen LogP contribution in [0.15, 0.2) is 0 Å². The Kier molecular flexibility index (Phi) is 8.90. The van der Waals surface area contributed by atoms with E-state index in [1.165, 1.54) is 32.5 Å². The van der Waals surface area contributed by atoms with Crippen molar-refractivity contribution in [1.82, 2.24) is 15.1 Å². The third kappa shape index (κ3) is 7.20. The van der Waals surface area contributed by atoms with E-state index in [2.05, 4.69) is 56.9 Å². The van der Waals surface area contributed by atoms with Crippen molar-refractivity contribution in [2.75, 3.05) is 33.7 Å². The number of rotatable bonds is 9. The Morgan fingerprint density at radius 1 is 1.06 bits per heavy atom. The molecule has 16 heavy (non-hydrogen) atoms. The number of nitrogens with one attached hydrogen (secondary N) is 1. The van der Waals surface area contributed by atoms with Gasteiger partial charge in [-0.25, -0.2) is 0 Å². The Hall–Kier alpha value is -0.120. The van der Waals surface area contributed by atoms with Crippen molar-refractivity contribution in [2.24, 2.45) is 0 Å². The van der Waals surface area contributed by atoms with E-state index in [1.54, 1.807) is 0 Å². The van der Waals surface area contributed by atoms with E-state index in [0.29, 0.717) is 12.2 Å². The molecule has 98 valence electrons. The summed E-state index contributed by atoms with van der Waals surface area (Å²) < 4.78 is 0. The quantitative estimate of drug-likeness (QED) is 0.610. The second-order valence-electron chi connectivity index (χ2n) is 4.88. The topological polar surface area (TPSA) is 18.5 Å². The summed E-state index contributed by atoms with van der Waals surface area (Å²) in [6.45, 7) is 12.5. The van der Waals surface area contributed by atoms with E-state index in [9.17, 15) is 0 Å². The Balaban J connectivity index is 3.61. The summed E-state index contributed by atoms with van der Waals surface area (Å²) in [6, 6.07) is 0.605. The van der Waals surface area contributed by atoms with Crippen LogP contribution in [-0.4, -0.2) is 55.7 Å². The van der Waals surface area contributed by atoms with Crippen LogP contribution in [0.4, 0.5) is 0 Å². The van der Waals surface area contributed by atoms with Crippen LogP contribution in [0.25, 0.3) is 0 Å². The summed E-state index contributed by atoms with van der Waals surface area (Å²) >= 11 is 0. The highest BCUT2D eigenvalue weighted by molar-refractivity contribution is 4.66. The molecule has 2 unspecified atom stereocenters. The van der Waals surface area contributed by atoms with Gasteiger partial charge in [-0.05, 0) is 60.4 Å². The monoisotopic (exact) mass is 229 g/mol. The van der Waals surface area contributed by atoms with Crippen LogP contribution in [-0.2, 0) is 0 Å². The van der Waals surface area contributed by atoms with Gasteiger partial charge in [-0.1, -0.05) is 13.8 Å². The van der Waals surface area contributed by atoms with Crippen molar-refractivity contribution in [3.05, 3.63) is 0 Å². The molecule has 0 spiro atoms. The molecule has 0 amide bonds. The molecule has 0 fully saturated rings. The van der Waals surface area contributed by atoms with Crippen LogP contribution >= 0.6 is 0 Å². The van der Waals surface area contributed by atoms with E-state index in [4.69, 9.17) is 0 Å². The molecule has 0 saturated carbocycles. The second-order valence-corrected chi connectivity index (χ2v) is 4.88. The van der Waals surface area contributed by atoms with Crippen LogP contribution in [0, 0.1) is 0 Å². The number of nitrogens with zero attached hydrogens (tertiary/aromatic N) is 2. The summed E-state index contributed by atoms with van der Waals surface area (Å²) in [7, 11) is 4.22. The average molecular weight is 229 g/mol. The van der Waals surface area contributed by atoms with Gasteiger partial charge in [-0.15, -0.1) is 0 Å². The lowest BCUT2D eigenvalue weighted by Gasteiger charge is -2.26. The lowest BCUT2D eigenvalue weighted by atomic mass is 10.1. The largest absolute Gasteiger partial charge is 0.304 e. The first-order chi connectivity index (χ1) is 7.51. The zero-order chi connectivity index (χ0) is 12.6. The first-order valence-electron chi connectivity index (χ1n) is 6.66. The molecule has 0 aromatic rings. The Morgan fingerprint density at radius 3 is 2.06 bits per heavy atom. The highest BCUT2D eigenvalue weighted by atomic mass is 15.2. The zero-order valence-corrected chi connectivity index (χ0v) is 12.1. The van der Waals surface area contributed by atoms with Gasteiger partial charge in [0.2, 0.25) is 0 Å². The lowest BCUT2D eigenvalue weighted by molar-refractivity contribution is 0.234. The van der Waals surface area contributed by atoms with Gasteiger partial charge in [0.1, 0.15) is 0 Å². The molecule has 0 aromatic heterocycles. The minimum Gasteiger partial charge on any atom is -0.304 e. The van der Waals surface area contributed by atoms with Crippen LogP contribution in [0.2, 0.25) is 0 Å². The summed E-state index contributed by atoms with van der Waals surface area (Å²) in [5, 5.41) is 3.60. The molecule has 0 heterocycles. The standard InChI is InChI=1S/C13H31N3/c1-7-16(8-2)11-9-10-12(3)14-13(4)15(5)6/h12-14H,7-11H2,1-6H3. The molecular formula is C13H31N3. The van der Waals surface area contributed by atoms with E-state index < -0.39 is 0 Å². The van der Waals surface area contributed by atoms with Crippen molar-refractivity contribution in [1.29, 1.82) is 0 Å². The fourth-order valence-corrected chi connectivity index (χ4v) is 1.81. The minimum absolute atomic E-state index is 0.462. The normalized spacial score (nSPS) is 15.8. The molecule has 0 rings (SSSR count). The van der Waals surface area contributed by atoms with Crippen LogP contribution in [0.5, 0.6) is 0 Å². The molecule has 1 N–H and O–H groups in total. The van der Waals surface area contributed by atoms with E-state index in [0.717, 1.165) is 0 Å². The predicted molar refractivity (Wildman–Crippen MR) is 72.8 cm³/mol. The second kappa shape index (κ2) is 8.97. The van der Waals surface area contributed by atoms with E-state index in [1.807, 2.05) is 0 Å². The Bertz CT molecular complexity index is 155. The van der Waals surface area contributed by atoms with Gasteiger partial charge in [0.25, 0.3) is 0 Å². The average Bonchev–Trinajstić information content (AvgIpc) is 2.24. The molecule has 0 aliphatic carbocycles. The maximum atomic E-state index is 3.60. The Labute approximate surface area is 102 Å². The molecule has 0 bridgehead atoms. The fraction of sp³-hybridized carbons (Fsp3) is 1.00. The van der Waals surface area contributed by atoms with Crippen molar-refractivity contribution >= 4 is 0 Å².